The Morgan fingerprint density at radius 3 is 2.67 bits per heavy atom. The second kappa shape index (κ2) is 9.14. The van der Waals surface area contributed by atoms with E-state index in [0.717, 1.165) is 32.0 Å². The van der Waals surface area contributed by atoms with Crippen LogP contribution in [0.1, 0.15) is 16.2 Å². The SMILES string of the molecule is O=C(NCCc1nnc2ccc(N3CCN(CCO)CC3)nn12)c1ccccc1F. The molecule has 0 spiro atoms. The van der Waals surface area contributed by atoms with Crippen molar-refractivity contribution in [1.82, 2.24) is 30.0 Å². The van der Waals surface area contributed by atoms with E-state index in [9.17, 15) is 9.18 Å². The molecule has 1 aliphatic heterocycles. The summed E-state index contributed by atoms with van der Waals surface area (Å²) in [6.45, 7) is 4.55. The van der Waals surface area contributed by atoms with E-state index in [-0.39, 0.29) is 12.2 Å². The summed E-state index contributed by atoms with van der Waals surface area (Å²) in [6.07, 6.45) is 0.419. The molecule has 2 N–H and O–H groups in total. The molecule has 30 heavy (non-hydrogen) atoms. The number of anilines is 1. The van der Waals surface area contributed by atoms with Crippen LogP contribution in [0.5, 0.6) is 0 Å². The summed E-state index contributed by atoms with van der Waals surface area (Å²) in [5, 5.41) is 24.8. The predicted octanol–water partition coefficient (Wildman–Crippen LogP) is 0.350. The van der Waals surface area contributed by atoms with Crippen LogP contribution in [-0.4, -0.2) is 81.6 Å². The molecule has 0 aliphatic carbocycles. The highest BCUT2D eigenvalue weighted by Crippen LogP contribution is 2.15. The Kier molecular flexibility index (Phi) is 6.15. The van der Waals surface area contributed by atoms with Crippen molar-refractivity contribution in [2.75, 3.05) is 50.8 Å². The van der Waals surface area contributed by atoms with Crippen LogP contribution >= 0.6 is 0 Å². The lowest BCUT2D eigenvalue weighted by molar-refractivity contribution is 0.0950. The van der Waals surface area contributed by atoms with Crippen LogP contribution in [0.4, 0.5) is 10.2 Å². The highest BCUT2D eigenvalue weighted by atomic mass is 19.1. The molecule has 10 heteroatoms. The van der Waals surface area contributed by atoms with Crippen molar-refractivity contribution in [2.24, 2.45) is 0 Å². The molecular weight excluding hydrogens is 389 g/mol. The van der Waals surface area contributed by atoms with Gasteiger partial charge in [-0.3, -0.25) is 9.69 Å². The van der Waals surface area contributed by atoms with E-state index in [2.05, 4.69) is 30.4 Å². The minimum atomic E-state index is -0.548. The van der Waals surface area contributed by atoms with Gasteiger partial charge in [0.15, 0.2) is 11.5 Å². The third-order valence-electron chi connectivity index (χ3n) is 5.18. The fraction of sp³-hybridized carbons (Fsp3) is 0.400. The molecule has 0 unspecified atom stereocenters. The molecule has 1 fully saturated rings. The lowest BCUT2D eigenvalue weighted by Crippen LogP contribution is -2.47. The zero-order valence-corrected chi connectivity index (χ0v) is 16.5. The van der Waals surface area contributed by atoms with E-state index in [1.54, 1.807) is 16.6 Å². The second-order valence-electron chi connectivity index (χ2n) is 7.12. The molecule has 158 valence electrons. The van der Waals surface area contributed by atoms with Crippen molar-refractivity contribution >= 4 is 17.4 Å². The van der Waals surface area contributed by atoms with E-state index in [1.807, 2.05) is 12.1 Å². The number of nitrogens with zero attached hydrogens (tertiary/aromatic N) is 6. The van der Waals surface area contributed by atoms with E-state index in [1.165, 1.54) is 12.1 Å². The molecule has 2 aromatic heterocycles. The minimum absolute atomic E-state index is 0.0179. The Morgan fingerprint density at radius 2 is 1.90 bits per heavy atom. The van der Waals surface area contributed by atoms with Crippen LogP contribution < -0.4 is 10.2 Å². The summed E-state index contributed by atoms with van der Waals surface area (Å²) in [5.41, 5.74) is 0.650. The average molecular weight is 413 g/mol. The van der Waals surface area contributed by atoms with E-state index in [0.29, 0.717) is 31.0 Å². The van der Waals surface area contributed by atoms with Gasteiger partial charge in [0.2, 0.25) is 0 Å². The number of amides is 1. The normalized spacial score (nSPS) is 14.9. The van der Waals surface area contributed by atoms with Gasteiger partial charge in [0, 0.05) is 45.7 Å². The Bertz CT molecular complexity index is 1020. The zero-order valence-electron chi connectivity index (χ0n) is 16.5. The maximum Gasteiger partial charge on any atom is 0.254 e. The molecule has 0 bridgehead atoms. The molecule has 1 amide bonds. The van der Waals surface area contributed by atoms with E-state index < -0.39 is 11.7 Å². The van der Waals surface area contributed by atoms with Gasteiger partial charge in [0.25, 0.3) is 5.91 Å². The Labute approximate surface area is 173 Å². The maximum absolute atomic E-state index is 13.7. The lowest BCUT2D eigenvalue weighted by Gasteiger charge is -2.34. The van der Waals surface area contributed by atoms with Gasteiger partial charge in [-0.15, -0.1) is 15.3 Å². The maximum atomic E-state index is 13.7. The van der Waals surface area contributed by atoms with E-state index >= 15 is 0 Å². The highest BCUT2D eigenvalue weighted by Gasteiger charge is 2.19. The first kappa shape index (κ1) is 20.2. The molecule has 9 nitrogen and oxygen atoms in total. The number of carbonyl (C=O) groups excluding carboxylic acids is 1. The van der Waals surface area contributed by atoms with Crippen LogP contribution in [0.2, 0.25) is 0 Å². The number of hydrogen-bond acceptors (Lipinski definition) is 7. The number of fused-ring (bicyclic) bond motifs is 1. The van der Waals surface area contributed by atoms with Gasteiger partial charge in [0.05, 0.1) is 12.2 Å². The molecular formula is C20H24FN7O2. The van der Waals surface area contributed by atoms with Crippen LogP contribution in [0, 0.1) is 5.82 Å². The van der Waals surface area contributed by atoms with Crippen molar-refractivity contribution in [1.29, 1.82) is 0 Å². The molecule has 1 aliphatic rings. The largest absolute Gasteiger partial charge is 0.395 e. The Hall–Kier alpha value is -3.11. The first-order chi connectivity index (χ1) is 14.7. The molecule has 0 radical (unpaired) electrons. The summed E-state index contributed by atoms with van der Waals surface area (Å²) in [5.74, 6) is 0.451. The standard InChI is InChI=1S/C20H24FN7O2/c21-16-4-2-1-3-15(16)20(30)22-8-7-18-24-23-17-5-6-19(25-28(17)18)27-11-9-26(10-12-27)13-14-29/h1-6,29H,7-14H2,(H,22,30). The van der Waals surface area contributed by atoms with Crippen molar-refractivity contribution < 1.29 is 14.3 Å². The monoisotopic (exact) mass is 413 g/mol. The molecule has 0 saturated carbocycles. The molecule has 3 aromatic rings. The topological polar surface area (TPSA) is 98.9 Å². The average Bonchev–Trinajstić information content (AvgIpc) is 3.17. The van der Waals surface area contributed by atoms with Gasteiger partial charge in [0.1, 0.15) is 11.6 Å². The van der Waals surface area contributed by atoms with Crippen LogP contribution in [0.25, 0.3) is 5.65 Å². The minimum Gasteiger partial charge on any atom is -0.395 e. The van der Waals surface area contributed by atoms with Gasteiger partial charge in [-0.05, 0) is 24.3 Å². The summed E-state index contributed by atoms with van der Waals surface area (Å²) >= 11 is 0. The number of β-amino-alcohol motifs (C(OH)–C–C–N with tert-alkyl or cyclic N) is 1. The smallest absolute Gasteiger partial charge is 0.254 e. The number of aromatic nitrogens is 4. The number of aliphatic hydroxyl groups excluding tert-OH is 1. The van der Waals surface area contributed by atoms with Crippen molar-refractivity contribution in [2.45, 2.75) is 6.42 Å². The quantitative estimate of drug-likeness (QED) is 0.577. The number of nitrogens with one attached hydrogen (secondary N) is 1. The second-order valence-corrected chi connectivity index (χ2v) is 7.12. The number of benzene rings is 1. The Balaban J connectivity index is 1.40. The van der Waals surface area contributed by atoms with Crippen LogP contribution in [0.3, 0.4) is 0 Å². The summed E-state index contributed by atoms with van der Waals surface area (Å²) in [6, 6.07) is 9.68. The first-order valence-electron chi connectivity index (χ1n) is 9.98. The molecule has 1 aromatic carbocycles. The summed E-state index contributed by atoms with van der Waals surface area (Å²) < 4.78 is 15.4. The Morgan fingerprint density at radius 1 is 1.10 bits per heavy atom. The van der Waals surface area contributed by atoms with Crippen LogP contribution in [0.15, 0.2) is 36.4 Å². The number of aliphatic hydroxyl groups is 1. The van der Waals surface area contributed by atoms with Crippen molar-refractivity contribution in [3.63, 3.8) is 0 Å². The number of carbonyl (C=O) groups is 1. The van der Waals surface area contributed by atoms with E-state index in [4.69, 9.17) is 5.11 Å². The summed E-state index contributed by atoms with van der Waals surface area (Å²) in [4.78, 5) is 16.6. The zero-order chi connectivity index (χ0) is 20.9. The van der Waals surface area contributed by atoms with Gasteiger partial charge in [-0.1, -0.05) is 12.1 Å². The molecule has 1 saturated heterocycles. The predicted molar refractivity (Wildman–Crippen MR) is 109 cm³/mol. The third-order valence-corrected chi connectivity index (χ3v) is 5.18. The molecule has 3 heterocycles. The van der Waals surface area contributed by atoms with Gasteiger partial charge < -0.3 is 15.3 Å². The van der Waals surface area contributed by atoms with Gasteiger partial charge >= 0.3 is 0 Å². The molecule has 4 rings (SSSR count). The van der Waals surface area contributed by atoms with Crippen molar-refractivity contribution in [3.05, 3.63) is 53.6 Å². The summed E-state index contributed by atoms with van der Waals surface area (Å²) in [7, 11) is 0. The number of hydrogen-bond donors (Lipinski definition) is 2. The van der Waals surface area contributed by atoms with Crippen LogP contribution in [-0.2, 0) is 6.42 Å². The fourth-order valence-electron chi connectivity index (χ4n) is 3.52. The highest BCUT2D eigenvalue weighted by molar-refractivity contribution is 5.94. The number of piperazine rings is 1. The van der Waals surface area contributed by atoms with Gasteiger partial charge in [-0.2, -0.15) is 4.52 Å². The molecule has 0 atom stereocenters. The van der Waals surface area contributed by atoms with Crippen molar-refractivity contribution in [3.8, 4) is 0 Å². The number of rotatable bonds is 7. The van der Waals surface area contributed by atoms with Gasteiger partial charge in [-0.25, -0.2) is 4.39 Å². The third kappa shape index (κ3) is 4.39. The number of halogens is 1. The fourth-order valence-corrected chi connectivity index (χ4v) is 3.52. The first-order valence-corrected chi connectivity index (χ1v) is 9.98. The lowest BCUT2D eigenvalue weighted by atomic mass is 10.2.